The minimum Gasteiger partial charge on any atom is -0.497 e. The van der Waals surface area contributed by atoms with Gasteiger partial charge in [0.25, 0.3) is 0 Å². The average Bonchev–Trinajstić information content (AvgIpc) is 2.67. The quantitative estimate of drug-likeness (QED) is 0.417. The fourth-order valence-electron chi connectivity index (χ4n) is 2.00. The van der Waals surface area contributed by atoms with Crippen molar-refractivity contribution >= 4 is 12.2 Å². The molecule has 2 aromatic rings. The van der Waals surface area contributed by atoms with Crippen molar-refractivity contribution in [3.8, 4) is 23.0 Å². The third-order valence-corrected chi connectivity index (χ3v) is 3.44. The summed E-state index contributed by atoms with van der Waals surface area (Å²) in [5.74, 6) is 3.36. The second kappa shape index (κ2) is 8.04. The van der Waals surface area contributed by atoms with Crippen LogP contribution in [0.3, 0.4) is 0 Å². The van der Waals surface area contributed by atoms with Crippen LogP contribution in [0.2, 0.25) is 0 Å². The molecule has 0 aliphatic carbocycles. The first-order valence-corrected chi connectivity index (χ1v) is 7.41. The summed E-state index contributed by atoms with van der Waals surface area (Å²) in [5, 5.41) is 0. The second-order valence-corrected chi connectivity index (χ2v) is 5.21. The Morgan fingerprint density at radius 2 is 1.32 bits per heavy atom. The highest BCUT2D eigenvalue weighted by Gasteiger charge is 2.35. The lowest BCUT2D eigenvalue weighted by molar-refractivity contribution is -0.119. The Hall–Kier alpha value is -3.24. The molecule has 0 spiro atoms. The zero-order valence-corrected chi connectivity index (χ0v) is 14.1. The van der Waals surface area contributed by atoms with Crippen molar-refractivity contribution in [1.82, 2.24) is 0 Å². The van der Waals surface area contributed by atoms with E-state index >= 15 is 0 Å². The number of methoxy groups -OCH3 is 2. The average molecular weight is 342 g/mol. The van der Waals surface area contributed by atoms with Crippen LogP contribution in [-0.4, -0.2) is 32.0 Å². The summed E-state index contributed by atoms with van der Waals surface area (Å²) < 4.78 is 21.3. The number of rotatable bonds is 8. The summed E-state index contributed by atoms with van der Waals surface area (Å²) in [7, 11) is 3.08. The molecule has 0 N–H and O–H groups in total. The fourth-order valence-corrected chi connectivity index (χ4v) is 2.00. The van der Waals surface area contributed by atoms with Crippen molar-refractivity contribution < 1.29 is 28.5 Å². The van der Waals surface area contributed by atoms with E-state index in [1.54, 1.807) is 68.7 Å². The van der Waals surface area contributed by atoms with E-state index in [0.29, 0.717) is 29.3 Å². The summed E-state index contributed by atoms with van der Waals surface area (Å²) >= 11 is 0. The van der Waals surface area contributed by atoms with Gasteiger partial charge in [-0.2, -0.15) is 0 Å². The summed E-state index contributed by atoms with van der Waals surface area (Å²) in [6, 6.07) is 13.1. The van der Waals surface area contributed by atoms with Crippen LogP contribution in [0.4, 0.5) is 0 Å². The Bertz CT molecular complexity index is 760. The van der Waals surface area contributed by atoms with Crippen LogP contribution in [-0.2, 0) is 9.59 Å². The van der Waals surface area contributed by atoms with Crippen LogP contribution in [0, 0.1) is 0 Å². The zero-order valence-electron chi connectivity index (χ0n) is 14.1. The maximum absolute atomic E-state index is 11.6. The Labute approximate surface area is 145 Å². The molecular weight excluding hydrogens is 324 g/mol. The van der Waals surface area contributed by atoms with E-state index in [-0.39, 0.29) is 5.76 Å². The molecule has 1 unspecified atom stereocenters. The molecule has 6 nitrogen and oxygen atoms in total. The van der Waals surface area contributed by atoms with Gasteiger partial charge in [-0.15, -0.1) is 0 Å². The van der Waals surface area contributed by atoms with Crippen molar-refractivity contribution in [3.05, 3.63) is 54.3 Å². The molecule has 6 heteroatoms. The summed E-state index contributed by atoms with van der Waals surface area (Å²) in [5.41, 5.74) is -1.63. The van der Waals surface area contributed by atoms with Crippen LogP contribution in [0.5, 0.6) is 23.0 Å². The standard InChI is InChI=1S/C19H18O6/c1-19(13-21,25-17-10-6-15(23-3)7-11-17)18(12-20)24-16-8-4-14(22-2)5-9-16/h4-11,13H,1-3H3. The molecule has 0 amide bonds. The highest BCUT2D eigenvalue weighted by molar-refractivity contribution is 5.74. The molecule has 2 aromatic carbocycles. The lowest BCUT2D eigenvalue weighted by atomic mass is 10.1. The van der Waals surface area contributed by atoms with Gasteiger partial charge in [-0.05, 0) is 55.5 Å². The Balaban J connectivity index is 2.21. The number of hydrogen-bond donors (Lipinski definition) is 0. The third-order valence-electron chi connectivity index (χ3n) is 3.44. The van der Waals surface area contributed by atoms with Crippen molar-refractivity contribution in [1.29, 1.82) is 0 Å². The monoisotopic (exact) mass is 342 g/mol. The van der Waals surface area contributed by atoms with Crippen LogP contribution < -0.4 is 18.9 Å². The second-order valence-electron chi connectivity index (χ2n) is 5.21. The number of benzene rings is 2. The van der Waals surface area contributed by atoms with E-state index in [4.69, 9.17) is 18.9 Å². The van der Waals surface area contributed by atoms with Gasteiger partial charge >= 0.3 is 0 Å². The Morgan fingerprint density at radius 3 is 1.72 bits per heavy atom. The molecule has 0 saturated heterocycles. The van der Waals surface area contributed by atoms with Crippen LogP contribution >= 0.6 is 0 Å². The molecule has 1 atom stereocenters. The number of aldehydes is 1. The van der Waals surface area contributed by atoms with Gasteiger partial charge in [-0.1, -0.05) is 0 Å². The normalized spacial score (nSPS) is 12.3. The molecule has 0 radical (unpaired) electrons. The maximum Gasteiger partial charge on any atom is 0.238 e. The van der Waals surface area contributed by atoms with Crippen molar-refractivity contribution in [2.24, 2.45) is 0 Å². The smallest absolute Gasteiger partial charge is 0.238 e. The molecule has 25 heavy (non-hydrogen) atoms. The zero-order chi connectivity index (χ0) is 18.3. The molecular formula is C19H18O6. The predicted molar refractivity (Wildman–Crippen MR) is 90.9 cm³/mol. The van der Waals surface area contributed by atoms with E-state index < -0.39 is 5.60 Å². The van der Waals surface area contributed by atoms with E-state index in [9.17, 15) is 9.59 Å². The van der Waals surface area contributed by atoms with E-state index in [1.807, 2.05) is 0 Å². The topological polar surface area (TPSA) is 71.1 Å². The SMILES string of the molecule is COc1ccc(OC(=C=O)C(C)(C=O)Oc2ccc(OC)cc2)cc1. The first kappa shape index (κ1) is 18.1. The number of carbonyl (C=O) groups is 1. The molecule has 0 aromatic heterocycles. The van der Waals surface area contributed by atoms with Gasteiger partial charge in [0.2, 0.25) is 11.4 Å². The maximum atomic E-state index is 11.6. The molecule has 0 fully saturated rings. The number of hydrogen-bond acceptors (Lipinski definition) is 6. The number of carbonyl (C=O) groups excluding carboxylic acids is 2. The highest BCUT2D eigenvalue weighted by Crippen LogP contribution is 2.27. The van der Waals surface area contributed by atoms with Crippen molar-refractivity contribution in [2.75, 3.05) is 14.2 Å². The molecule has 0 heterocycles. The van der Waals surface area contributed by atoms with Crippen LogP contribution in [0.15, 0.2) is 54.3 Å². The van der Waals surface area contributed by atoms with Gasteiger partial charge in [-0.3, -0.25) is 4.79 Å². The molecule has 2 rings (SSSR count). The summed E-state index contributed by atoms with van der Waals surface area (Å²) in [6.45, 7) is 1.42. The van der Waals surface area contributed by atoms with Crippen molar-refractivity contribution in [3.63, 3.8) is 0 Å². The molecule has 0 saturated carbocycles. The summed E-state index contributed by atoms with van der Waals surface area (Å²) in [6.07, 6.45) is 0.487. The third kappa shape index (κ3) is 4.40. The van der Waals surface area contributed by atoms with Crippen molar-refractivity contribution in [2.45, 2.75) is 12.5 Å². The summed E-state index contributed by atoms with van der Waals surface area (Å²) in [4.78, 5) is 23.0. The number of ether oxygens (including phenoxy) is 4. The highest BCUT2D eigenvalue weighted by atomic mass is 16.6. The van der Waals surface area contributed by atoms with Gasteiger partial charge in [0.15, 0.2) is 12.2 Å². The van der Waals surface area contributed by atoms with Crippen LogP contribution in [0.1, 0.15) is 6.92 Å². The molecule has 130 valence electrons. The van der Waals surface area contributed by atoms with E-state index in [2.05, 4.69) is 0 Å². The minimum atomic E-state index is -1.63. The van der Waals surface area contributed by atoms with Gasteiger partial charge in [0.1, 0.15) is 23.0 Å². The predicted octanol–water partition coefficient (Wildman–Crippen LogP) is 2.83. The van der Waals surface area contributed by atoms with E-state index in [0.717, 1.165) is 0 Å². The first-order valence-electron chi connectivity index (χ1n) is 7.41. The van der Waals surface area contributed by atoms with Gasteiger partial charge < -0.3 is 18.9 Å². The molecule has 0 bridgehead atoms. The van der Waals surface area contributed by atoms with Gasteiger partial charge in [0, 0.05) is 0 Å². The Kier molecular flexibility index (Phi) is 5.82. The van der Waals surface area contributed by atoms with Gasteiger partial charge in [-0.25, -0.2) is 4.79 Å². The minimum absolute atomic E-state index is 0.288. The Morgan fingerprint density at radius 1 is 0.880 bits per heavy atom. The van der Waals surface area contributed by atoms with E-state index in [1.165, 1.54) is 6.92 Å². The molecule has 0 aliphatic rings. The lowest BCUT2D eigenvalue weighted by Crippen LogP contribution is -2.39. The van der Waals surface area contributed by atoms with Gasteiger partial charge in [0.05, 0.1) is 14.2 Å². The largest absolute Gasteiger partial charge is 0.497 e. The first-order chi connectivity index (χ1) is 12.0. The van der Waals surface area contributed by atoms with Crippen LogP contribution in [0.25, 0.3) is 0 Å². The molecule has 0 aliphatic heterocycles. The fraction of sp³-hybridized carbons (Fsp3) is 0.211. The lowest BCUT2D eigenvalue weighted by Gasteiger charge is -2.25.